The Bertz CT molecular complexity index is 1880. The van der Waals surface area contributed by atoms with Crippen molar-refractivity contribution in [3.05, 3.63) is 135 Å². The summed E-state index contributed by atoms with van der Waals surface area (Å²) in [7, 11) is -4.17. The fourth-order valence-corrected chi connectivity index (χ4v) is 7.62. The van der Waals surface area contributed by atoms with Gasteiger partial charge in [-0.3, -0.25) is 15.1 Å². The molecule has 2 N–H and O–H groups in total. The number of allylic oxidation sites excluding steroid dienone is 9. The maximum absolute atomic E-state index is 13.9. The molecule has 14 heteroatoms. The van der Waals surface area contributed by atoms with Gasteiger partial charge in [-0.25, -0.2) is 17.2 Å². The smallest absolute Gasteiger partial charge is 0.255 e. The SMILES string of the molecule is CC\C(O)=C(Cl)/C=C(Cl)\C=C\S(=O)(=O)N(CC1=CC(CN(CC(C)C)C(=O)C2=CN(O)CC=C2)CC(Oc2ccc(F)cc2)=C1)CC1C=CC(F)=CC1. The molecule has 1 aromatic rings. The zero-order valence-corrected chi connectivity index (χ0v) is 32.2. The summed E-state index contributed by atoms with van der Waals surface area (Å²) in [6.45, 7) is 6.50. The Labute approximate surface area is 320 Å². The summed E-state index contributed by atoms with van der Waals surface area (Å²) in [6, 6.07) is 5.52. The normalized spacial score (nSPS) is 20.0. The number of nitrogens with zero attached hydrogens (tertiary/aromatic N) is 3. The lowest BCUT2D eigenvalue weighted by atomic mass is 9.93. The van der Waals surface area contributed by atoms with E-state index in [1.165, 1.54) is 59.1 Å². The summed E-state index contributed by atoms with van der Waals surface area (Å²) in [4.78, 5) is 15.4. The Morgan fingerprint density at radius 2 is 1.87 bits per heavy atom. The van der Waals surface area contributed by atoms with Crippen LogP contribution in [0.3, 0.4) is 0 Å². The van der Waals surface area contributed by atoms with Crippen LogP contribution in [-0.2, 0) is 14.8 Å². The molecule has 0 fully saturated rings. The van der Waals surface area contributed by atoms with Gasteiger partial charge in [0.05, 0.1) is 17.2 Å². The van der Waals surface area contributed by atoms with Crippen molar-refractivity contribution in [1.29, 1.82) is 0 Å². The zero-order valence-electron chi connectivity index (χ0n) is 29.8. The number of aliphatic hydroxyl groups excluding tert-OH is 1. The fourth-order valence-electron chi connectivity index (χ4n) is 5.85. The number of hydroxylamine groups is 2. The number of amides is 1. The molecule has 53 heavy (non-hydrogen) atoms. The highest BCUT2D eigenvalue weighted by Crippen LogP contribution is 2.30. The second-order valence-corrected chi connectivity index (χ2v) is 16.0. The predicted octanol–water partition coefficient (Wildman–Crippen LogP) is 8.78. The number of hydrogen-bond donors (Lipinski definition) is 2. The van der Waals surface area contributed by atoms with Gasteiger partial charge in [0.2, 0.25) is 10.0 Å². The zero-order chi connectivity index (χ0) is 38.7. The number of halogens is 4. The van der Waals surface area contributed by atoms with Gasteiger partial charge >= 0.3 is 0 Å². The minimum absolute atomic E-state index is 0.00563. The van der Waals surface area contributed by atoms with Crippen molar-refractivity contribution in [2.24, 2.45) is 17.8 Å². The third-order valence-electron chi connectivity index (χ3n) is 8.35. The number of sulfonamides is 1. The topological polar surface area (TPSA) is 111 Å². The number of carbonyl (C=O) groups excluding carboxylic acids is 1. The van der Waals surface area contributed by atoms with Gasteiger partial charge in [0.15, 0.2) is 0 Å². The van der Waals surface area contributed by atoms with E-state index in [0.29, 0.717) is 35.6 Å². The highest BCUT2D eigenvalue weighted by molar-refractivity contribution is 7.92. The minimum Gasteiger partial charge on any atom is -0.511 e. The summed E-state index contributed by atoms with van der Waals surface area (Å²) in [5.41, 5.74) is 0.898. The number of rotatable bonds is 16. The molecular formula is C39H45Cl2F2N3O6S. The lowest BCUT2D eigenvalue weighted by molar-refractivity contribution is -0.128. The van der Waals surface area contributed by atoms with Crippen molar-refractivity contribution in [3.63, 3.8) is 0 Å². The quantitative estimate of drug-likeness (QED) is 0.127. The molecule has 0 radical (unpaired) electrons. The van der Waals surface area contributed by atoms with Gasteiger partial charge < -0.3 is 14.7 Å². The van der Waals surface area contributed by atoms with Gasteiger partial charge in [-0.1, -0.05) is 68.3 Å². The molecule has 1 heterocycles. The molecular weight excluding hydrogens is 747 g/mol. The number of benzene rings is 1. The summed E-state index contributed by atoms with van der Waals surface area (Å²) >= 11 is 12.3. The molecule has 4 rings (SSSR count). The van der Waals surface area contributed by atoms with Gasteiger partial charge in [0.1, 0.15) is 28.9 Å². The first-order chi connectivity index (χ1) is 25.1. The van der Waals surface area contributed by atoms with E-state index in [2.05, 4.69) is 0 Å². The van der Waals surface area contributed by atoms with Crippen molar-refractivity contribution in [1.82, 2.24) is 14.3 Å². The maximum atomic E-state index is 13.9. The Morgan fingerprint density at radius 1 is 1.13 bits per heavy atom. The van der Waals surface area contributed by atoms with Crippen LogP contribution in [0, 0.1) is 23.6 Å². The van der Waals surface area contributed by atoms with Crippen LogP contribution in [0.1, 0.15) is 40.0 Å². The van der Waals surface area contributed by atoms with Gasteiger partial charge in [0.25, 0.3) is 5.91 Å². The summed E-state index contributed by atoms with van der Waals surface area (Å²) in [6.07, 6.45) is 16.0. The van der Waals surface area contributed by atoms with E-state index in [9.17, 15) is 32.3 Å². The molecule has 1 aromatic carbocycles. The Morgan fingerprint density at radius 3 is 2.51 bits per heavy atom. The Balaban J connectivity index is 1.70. The summed E-state index contributed by atoms with van der Waals surface area (Å²) < 4.78 is 62.9. The molecule has 0 aromatic heterocycles. The molecule has 2 atom stereocenters. The molecule has 0 bridgehead atoms. The molecule has 0 spiro atoms. The van der Waals surface area contributed by atoms with Crippen LogP contribution in [0.2, 0.25) is 0 Å². The molecule has 1 amide bonds. The van der Waals surface area contributed by atoms with E-state index < -0.39 is 21.7 Å². The molecule has 2 unspecified atom stereocenters. The average Bonchev–Trinajstić information content (AvgIpc) is 3.11. The van der Waals surface area contributed by atoms with E-state index in [4.69, 9.17) is 27.9 Å². The molecule has 9 nitrogen and oxygen atoms in total. The molecule has 2 aliphatic carbocycles. The number of ether oxygens (including phenoxy) is 1. The molecule has 1 aliphatic heterocycles. The number of hydrogen-bond acceptors (Lipinski definition) is 7. The largest absolute Gasteiger partial charge is 0.511 e. The van der Waals surface area contributed by atoms with Crippen molar-refractivity contribution in [3.8, 4) is 5.75 Å². The highest BCUT2D eigenvalue weighted by Gasteiger charge is 2.29. The van der Waals surface area contributed by atoms with Gasteiger partial charge in [-0.2, -0.15) is 4.31 Å². The van der Waals surface area contributed by atoms with Crippen LogP contribution in [-0.4, -0.2) is 71.6 Å². The Hall–Kier alpha value is -3.94. The first-order valence-electron chi connectivity index (χ1n) is 17.3. The van der Waals surface area contributed by atoms with Crippen molar-refractivity contribution < 1.29 is 37.0 Å². The van der Waals surface area contributed by atoms with Gasteiger partial charge in [-0.05, 0) is 78.5 Å². The molecule has 0 saturated carbocycles. The average molecular weight is 793 g/mol. The van der Waals surface area contributed by atoms with E-state index in [-0.39, 0.29) is 78.5 Å². The maximum Gasteiger partial charge on any atom is 0.255 e. The predicted molar refractivity (Wildman–Crippen MR) is 204 cm³/mol. The number of aliphatic hydroxyl groups is 1. The van der Waals surface area contributed by atoms with Crippen LogP contribution in [0.4, 0.5) is 8.78 Å². The van der Waals surface area contributed by atoms with E-state index in [0.717, 1.165) is 10.5 Å². The van der Waals surface area contributed by atoms with Crippen LogP contribution in [0.15, 0.2) is 129 Å². The van der Waals surface area contributed by atoms with Crippen molar-refractivity contribution in [2.75, 3.05) is 32.7 Å². The van der Waals surface area contributed by atoms with E-state index in [1.54, 1.807) is 36.1 Å². The van der Waals surface area contributed by atoms with Gasteiger partial charge in [-0.15, -0.1) is 0 Å². The second-order valence-electron chi connectivity index (χ2n) is 13.3. The standard InChI is InChI=1S/C39H45Cl2F2N3O6S/c1-4-38(47)37(41)21-32(40)15-17-53(50,51)46(24-28-7-9-33(42)10-8-28)25-30-18-29(19-36(20-30)52-35-13-11-34(43)12-14-35)23-44(22-27(2)3)39(48)31-6-5-16-45(49)26-31/h5-7,9-15,17-18,20-21,26-29,47,49H,4,8,16,19,22-25H2,1-3H3/b17-15+,32-21+,38-37-. The second kappa shape index (κ2) is 19.4. The lowest BCUT2D eigenvalue weighted by Crippen LogP contribution is -2.40. The number of carbonyl (C=O) groups is 1. The highest BCUT2D eigenvalue weighted by atomic mass is 35.5. The molecule has 3 aliphatic rings. The van der Waals surface area contributed by atoms with Crippen molar-refractivity contribution in [2.45, 2.75) is 40.0 Å². The van der Waals surface area contributed by atoms with Crippen LogP contribution in [0.25, 0.3) is 0 Å². The van der Waals surface area contributed by atoms with E-state index in [1.807, 2.05) is 19.9 Å². The third-order valence-corrected chi connectivity index (χ3v) is 10.4. The van der Waals surface area contributed by atoms with E-state index >= 15 is 0 Å². The fraction of sp³-hybridized carbons (Fsp3) is 0.359. The Kier molecular flexibility index (Phi) is 15.3. The van der Waals surface area contributed by atoms with Gasteiger partial charge in [0, 0.05) is 61.6 Å². The third kappa shape index (κ3) is 13.1. The lowest BCUT2D eigenvalue weighted by Gasteiger charge is -2.32. The summed E-state index contributed by atoms with van der Waals surface area (Å²) in [5.74, 6) is -0.890. The van der Waals surface area contributed by atoms with Crippen LogP contribution >= 0.6 is 23.2 Å². The van der Waals surface area contributed by atoms with Crippen LogP contribution in [0.5, 0.6) is 5.75 Å². The van der Waals surface area contributed by atoms with Crippen LogP contribution < -0.4 is 4.74 Å². The first-order valence-corrected chi connectivity index (χ1v) is 19.5. The molecule has 286 valence electrons. The monoisotopic (exact) mass is 791 g/mol. The van der Waals surface area contributed by atoms with Crippen molar-refractivity contribution >= 4 is 39.1 Å². The molecule has 0 saturated heterocycles. The first kappa shape index (κ1) is 41.8. The minimum atomic E-state index is -4.17. The summed E-state index contributed by atoms with van der Waals surface area (Å²) in [5, 5.41) is 21.8.